The average molecular weight is 113 g/mol. The quantitative estimate of drug-likeness (QED) is 0.463. The van der Waals surface area contributed by atoms with Gasteiger partial charge in [-0.3, -0.25) is 0 Å². The van der Waals surface area contributed by atoms with Crippen molar-refractivity contribution in [1.82, 2.24) is 10.6 Å². The number of hydrogen-bond acceptors (Lipinski definition) is 1. The molecule has 0 fully saturated rings. The van der Waals surface area contributed by atoms with Gasteiger partial charge in [-0.05, 0) is 13.0 Å². The van der Waals surface area contributed by atoms with E-state index in [9.17, 15) is 4.79 Å². The average Bonchev–Trinajstić information content (AvgIpc) is 1.83. The molecule has 1 heterocycles. The highest BCUT2D eigenvalue weighted by Gasteiger charge is 2.02. The Morgan fingerprint density at radius 3 is 3.25 bits per heavy atom. The van der Waals surface area contributed by atoms with Gasteiger partial charge in [0.15, 0.2) is 1.41 Å². The van der Waals surface area contributed by atoms with E-state index in [1.165, 1.54) is 0 Å². The molecule has 0 unspecified atom stereocenters. The second kappa shape index (κ2) is 1.86. The maximum absolute atomic E-state index is 10.6. The van der Waals surface area contributed by atoms with Crippen molar-refractivity contribution in [3.05, 3.63) is 11.8 Å². The molecule has 0 saturated heterocycles. The molecule has 44 valence electrons. The summed E-state index contributed by atoms with van der Waals surface area (Å²) in [7, 11) is 0. The number of carbonyl (C=O) groups excluding carboxylic acids is 1. The normalized spacial score (nSPS) is 21.6. The topological polar surface area (TPSA) is 41.1 Å². The van der Waals surface area contributed by atoms with Gasteiger partial charge < -0.3 is 10.6 Å². The Labute approximate surface area is 49.2 Å². The molecule has 0 aromatic carbocycles. The molecule has 2 amide bonds. The molecule has 2 N–H and O–H groups in total. The number of urea groups is 1. The number of amides is 2. The first-order chi connectivity index (χ1) is 4.22. The van der Waals surface area contributed by atoms with Crippen molar-refractivity contribution in [2.75, 3.05) is 6.54 Å². The van der Waals surface area contributed by atoms with Crippen LogP contribution in [0, 0.1) is 0 Å². The number of allylic oxidation sites excluding steroid dienone is 1. The molecule has 0 radical (unpaired) electrons. The fourth-order valence-electron chi connectivity index (χ4n) is 0.531. The maximum atomic E-state index is 10.6. The zero-order valence-corrected chi connectivity index (χ0v) is 4.64. The summed E-state index contributed by atoms with van der Waals surface area (Å²) in [5, 5.41) is 3.32. The van der Waals surface area contributed by atoms with Crippen molar-refractivity contribution < 1.29 is 6.21 Å². The molecule has 0 atom stereocenters. The monoisotopic (exact) mass is 113 g/mol. The highest BCUT2D eigenvalue weighted by molar-refractivity contribution is 5.76. The van der Waals surface area contributed by atoms with Crippen molar-refractivity contribution in [3.8, 4) is 0 Å². The van der Waals surface area contributed by atoms with Gasteiger partial charge in [0.25, 0.3) is 0 Å². The van der Waals surface area contributed by atoms with Gasteiger partial charge in [0.2, 0.25) is 0 Å². The van der Waals surface area contributed by atoms with Crippen LogP contribution >= 0.6 is 0 Å². The summed E-state index contributed by atoms with van der Waals surface area (Å²) in [5.41, 5.74) is 0.679. The number of rotatable bonds is 0. The Morgan fingerprint density at radius 2 is 2.75 bits per heavy atom. The van der Waals surface area contributed by atoms with E-state index in [-0.39, 0.29) is 6.03 Å². The zero-order valence-electron chi connectivity index (χ0n) is 5.64. The van der Waals surface area contributed by atoms with Crippen LogP contribution in [0.25, 0.3) is 0 Å². The van der Waals surface area contributed by atoms with Crippen LogP contribution in [0.3, 0.4) is 0 Å². The largest absolute Gasteiger partial charge is 0.334 e. The maximum Gasteiger partial charge on any atom is 0.319 e. The number of carbonyl (C=O) groups is 1. The minimum atomic E-state index is -0.352. The Kier molecular flexibility index (Phi) is 0.917. The Bertz CT molecular complexity index is 166. The first-order valence-electron chi connectivity index (χ1n) is 2.90. The second-order valence-electron chi connectivity index (χ2n) is 1.64. The van der Waals surface area contributed by atoms with Crippen LogP contribution in [0.15, 0.2) is 11.8 Å². The van der Waals surface area contributed by atoms with Crippen molar-refractivity contribution >= 4 is 6.03 Å². The standard InChI is InChI=1S/C5H8N2O/c1-4-2-3-6-5(8)7-4/h2H,3H2,1H3,(H2,6,7,8)/i/hD. The fraction of sp³-hybridized carbons (Fsp3) is 0.400. The smallest absolute Gasteiger partial charge is 0.319 e. The predicted molar refractivity (Wildman–Crippen MR) is 30.3 cm³/mol. The van der Waals surface area contributed by atoms with E-state index in [0.29, 0.717) is 12.2 Å². The predicted octanol–water partition coefficient (Wildman–Crippen LogP) is 0.203. The molecule has 0 saturated carbocycles. The molecule has 0 bridgehead atoms. The van der Waals surface area contributed by atoms with Crippen LogP contribution in [-0.4, -0.2) is 12.6 Å². The minimum Gasteiger partial charge on any atom is -0.334 e. The molecule has 1 aliphatic heterocycles. The second-order valence-corrected chi connectivity index (χ2v) is 1.64. The van der Waals surface area contributed by atoms with Crippen LogP contribution < -0.4 is 10.6 Å². The molecule has 8 heavy (non-hydrogen) atoms. The molecule has 0 aromatic rings. The van der Waals surface area contributed by atoms with E-state index in [1.807, 2.05) is 0 Å². The minimum absolute atomic E-state index is 0.352. The van der Waals surface area contributed by atoms with Crippen LogP contribution in [0.5, 0.6) is 0 Å². The van der Waals surface area contributed by atoms with Crippen LogP contribution in [-0.2, 0) is 0 Å². The highest BCUT2D eigenvalue weighted by atomic mass is 16.2. The van der Waals surface area contributed by atoms with Crippen LogP contribution in [0.1, 0.15) is 6.92 Å². The Morgan fingerprint density at radius 1 is 2.00 bits per heavy atom. The van der Waals surface area contributed by atoms with Crippen LogP contribution in [0.2, 0.25) is 1.41 Å². The van der Waals surface area contributed by atoms with Gasteiger partial charge >= 0.3 is 6.03 Å². The van der Waals surface area contributed by atoms with E-state index in [4.69, 9.17) is 1.41 Å². The summed E-state index contributed by atoms with van der Waals surface area (Å²) >= 11 is 0. The van der Waals surface area contributed by atoms with Gasteiger partial charge in [0.1, 0.15) is 0 Å². The molecule has 1 rings (SSSR count). The summed E-state index contributed by atoms with van der Waals surface area (Å²) in [5.74, 6) is 0. The summed E-state index contributed by atoms with van der Waals surface area (Å²) in [6.45, 7) is 2.27. The van der Waals surface area contributed by atoms with E-state index in [0.717, 1.165) is 5.31 Å². The van der Waals surface area contributed by atoms with Crippen molar-refractivity contribution in [2.24, 2.45) is 0 Å². The summed E-state index contributed by atoms with van der Waals surface area (Å²) in [6.07, 6.45) is 1.79. The highest BCUT2D eigenvalue weighted by Crippen LogP contribution is 1.88. The molecule has 3 nitrogen and oxygen atoms in total. The van der Waals surface area contributed by atoms with E-state index < -0.39 is 0 Å². The Balaban J connectivity index is 2.74. The van der Waals surface area contributed by atoms with Gasteiger partial charge in [-0.2, -0.15) is 0 Å². The lowest BCUT2D eigenvalue weighted by Crippen LogP contribution is -2.38. The lowest BCUT2D eigenvalue weighted by Gasteiger charge is -2.10. The summed E-state index contributed by atoms with van der Waals surface area (Å²) < 4.78 is 7.04. The lowest BCUT2D eigenvalue weighted by atomic mass is 10.4. The molecule has 1 aliphatic rings. The van der Waals surface area contributed by atoms with Crippen molar-refractivity contribution in [1.29, 1.82) is 0 Å². The van der Waals surface area contributed by atoms with E-state index in [1.54, 1.807) is 13.0 Å². The Hall–Kier alpha value is -0.990. The molecule has 0 aromatic heterocycles. The van der Waals surface area contributed by atoms with Gasteiger partial charge in [0.05, 0.1) is 0 Å². The fourth-order valence-corrected chi connectivity index (χ4v) is 0.531. The van der Waals surface area contributed by atoms with Gasteiger partial charge in [0, 0.05) is 12.2 Å². The molecular weight excluding hydrogens is 104 g/mol. The SMILES string of the molecule is [2H]N1C(=O)NCC=C1C. The summed E-state index contributed by atoms with van der Waals surface area (Å²) in [6, 6.07) is -0.352. The lowest BCUT2D eigenvalue weighted by molar-refractivity contribution is 0.243. The number of hydrogen-bond donors (Lipinski definition) is 2. The number of nitrogens with one attached hydrogen (secondary N) is 2. The van der Waals surface area contributed by atoms with Gasteiger partial charge in [-0.1, -0.05) is 0 Å². The van der Waals surface area contributed by atoms with Gasteiger partial charge in [-0.15, -0.1) is 0 Å². The molecule has 3 heteroatoms. The van der Waals surface area contributed by atoms with Crippen molar-refractivity contribution in [3.63, 3.8) is 0 Å². The van der Waals surface area contributed by atoms with Gasteiger partial charge in [-0.25, -0.2) is 4.79 Å². The third-order valence-electron chi connectivity index (χ3n) is 0.929. The third kappa shape index (κ3) is 0.992. The molecule has 0 spiro atoms. The third-order valence-corrected chi connectivity index (χ3v) is 0.929. The first kappa shape index (κ1) is 3.95. The first-order valence-corrected chi connectivity index (χ1v) is 2.45. The van der Waals surface area contributed by atoms with E-state index in [2.05, 4.69) is 5.32 Å². The molecule has 0 aliphatic carbocycles. The van der Waals surface area contributed by atoms with E-state index >= 15 is 0 Å². The molecular formula is C5H8N2O. The zero-order chi connectivity index (χ0) is 6.85. The van der Waals surface area contributed by atoms with Crippen LogP contribution in [0.4, 0.5) is 4.79 Å². The van der Waals surface area contributed by atoms with Crippen molar-refractivity contribution in [2.45, 2.75) is 6.92 Å². The summed E-state index contributed by atoms with van der Waals surface area (Å²) in [4.78, 5) is 10.6.